The van der Waals surface area contributed by atoms with Crippen molar-refractivity contribution in [2.45, 2.75) is 6.10 Å². The Hall–Kier alpha value is -3.09. The number of halogens is 1. The summed E-state index contributed by atoms with van der Waals surface area (Å²) in [5.41, 5.74) is 2.81. The highest BCUT2D eigenvalue weighted by molar-refractivity contribution is 5.86. The van der Waals surface area contributed by atoms with Gasteiger partial charge >= 0.3 is 5.97 Å². The van der Waals surface area contributed by atoms with Crippen LogP contribution < -0.4 is 0 Å². The zero-order chi connectivity index (χ0) is 18.7. The number of pyridine rings is 1. The highest BCUT2D eigenvalue weighted by Crippen LogP contribution is 2.26. The Balaban J connectivity index is 1.99. The van der Waals surface area contributed by atoms with Gasteiger partial charge in [0.1, 0.15) is 17.6 Å². The molecule has 0 radical (unpaired) electrons. The van der Waals surface area contributed by atoms with E-state index in [0.29, 0.717) is 11.3 Å². The minimum atomic E-state index is -1.22. The second kappa shape index (κ2) is 7.43. The molecular weight excluding hydrogens is 337 g/mol. The Labute approximate surface area is 149 Å². The minimum absolute atomic E-state index is 0.215. The average Bonchev–Trinajstić information content (AvgIpc) is 2.67. The number of aliphatic hydroxyl groups excluding tert-OH is 2. The number of nitrogens with zero attached hydrogens (tertiary/aromatic N) is 1. The van der Waals surface area contributed by atoms with Gasteiger partial charge in [0, 0.05) is 5.56 Å². The number of aromatic carboxylic acids is 1. The van der Waals surface area contributed by atoms with Crippen molar-refractivity contribution in [3.63, 3.8) is 0 Å². The van der Waals surface area contributed by atoms with Crippen molar-refractivity contribution in [3.8, 4) is 22.4 Å². The summed E-state index contributed by atoms with van der Waals surface area (Å²) in [5.74, 6) is -1.53. The topological polar surface area (TPSA) is 90.7 Å². The van der Waals surface area contributed by atoms with Crippen LogP contribution in [0.4, 0.5) is 4.39 Å². The predicted octanol–water partition coefficient (Wildman–Crippen LogP) is 3.28. The van der Waals surface area contributed by atoms with Crippen molar-refractivity contribution >= 4 is 5.97 Å². The smallest absolute Gasteiger partial charge is 0.354 e. The van der Waals surface area contributed by atoms with Gasteiger partial charge in [-0.1, -0.05) is 36.4 Å². The van der Waals surface area contributed by atoms with Crippen LogP contribution >= 0.6 is 0 Å². The number of aromatic nitrogens is 1. The maximum atomic E-state index is 13.0. The number of carboxylic acid groups (broad SMARTS) is 1. The third-order valence-corrected chi connectivity index (χ3v) is 3.98. The van der Waals surface area contributed by atoms with Gasteiger partial charge in [0.25, 0.3) is 0 Å². The first-order valence-corrected chi connectivity index (χ1v) is 7.88. The van der Waals surface area contributed by atoms with Gasteiger partial charge in [-0.25, -0.2) is 14.2 Å². The molecule has 26 heavy (non-hydrogen) atoms. The number of carboxylic acids is 1. The first-order valence-electron chi connectivity index (χ1n) is 7.88. The first-order chi connectivity index (χ1) is 12.5. The van der Waals surface area contributed by atoms with E-state index in [1.165, 1.54) is 18.2 Å². The molecular formula is C20H16FNO4. The predicted molar refractivity (Wildman–Crippen MR) is 94.1 cm³/mol. The normalized spacial score (nSPS) is 12.0. The molecule has 0 unspecified atom stereocenters. The lowest BCUT2D eigenvalue weighted by atomic mass is 10.0. The molecule has 6 heteroatoms. The largest absolute Gasteiger partial charge is 0.477 e. The van der Waals surface area contributed by atoms with Crippen molar-refractivity contribution in [1.82, 2.24) is 4.98 Å². The molecule has 0 saturated carbocycles. The quantitative estimate of drug-likeness (QED) is 0.655. The number of hydrogen-bond acceptors (Lipinski definition) is 4. The van der Waals surface area contributed by atoms with E-state index in [4.69, 9.17) is 5.11 Å². The zero-order valence-electron chi connectivity index (χ0n) is 13.6. The fourth-order valence-corrected chi connectivity index (χ4v) is 2.58. The Morgan fingerprint density at radius 1 is 0.962 bits per heavy atom. The summed E-state index contributed by atoms with van der Waals surface area (Å²) in [6, 6.07) is 16.0. The highest BCUT2D eigenvalue weighted by Gasteiger charge is 2.15. The van der Waals surface area contributed by atoms with Crippen molar-refractivity contribution in [3.05, 3.63) is 77.7 Å². The lowest BCUT2D eigenvalue weighted by molar-refractivity contribution is 0.0688. The first kappa shape index (κ1) is 17.7. The minimum Gasteiger partial charge on any atom is -0.477 e. The maximum Gasteiger partial charge on any atom is 0.354 e. The van der Waals surface area contributed by atoms with Gasteiger partial charge in [-0.05, 0) is 41.0 Å². The summed E-state index contributed by atoms with van der Waals surface area (Å²) in [5, 5.41) is 28.2. The van der Waals surface area contributed by atoms with Crippen molar-refractivity contribution in [2.24, 2.45) is 0 Å². The van der Waals surface area contributed by atoms with Gasteiger partial charge in [0.2, 0.25) is 0 Å². The summed E-state index contributed by atoms with van der Waals surface area (Å²) in [6.45, 7) is -0.522. The average molecular weight is 353 g/mol. The molecule has 0 spiro atoms. The standard InChI is InChI=1S/C20H16FNO4/c21-16-7-5-13(6-8-16)12-1-3-14(4-2-12)17-9-15(19(24)11-23)10-18(22-17)20(25)26/h1-10,19,23-24H,11H2,(H,25,26)/t19-/m1/s1. The Morgan fingerprint density at radius 2 is 1.50 bits per heavy atom. The molecule has 0 amide bonds. The molecule has 0 fully saturated rings. The summed E-state index contributed by atoms with van der Waals surface area (Å²) in [6.07, 6.45) is -1.19. The molecule has 0 aliphatic rings. The fraction of sp³-hybridized carbons (Fsp3) is 0.100. The van der Waals surface area contributed by atoms with Gasteiger partial charge in [-0.3, -0.25) is 0 Å². The van der Waals surface area contributed by atoms with Crippen LogP contribution in [0, 0.1) is 5.82 Å². The number of rotatable bonds is 5. The second-order valence-electron chi connectivity index (χ2n) is 5.76. The van der Waals surface area contributed by atoms with Crippen LogP contribution in [0.1, 0.15) is 22.2 Å². The van der Waals surface area contributed by atoms with Crippen LogP contribution in [0.15, 0.2) is 60.7 Å². The molecule has 3 aromatic rings. The lowest BCUT2D eigenvalue weighted by Crippen LogP contribution is -2.08. The van der Waals surface area contributed by atoms with Crippen LogP contribution in [0.5, 0.6) is 0 Å². The fourth-order valence-electron chi connectivity index (χ4n) is 2.58. The summed E-state index contributed by atoms with van der Waals surface area (Å²) < 4.78 is 13.0. The zero-order valence-corrected chi connectivity index (χ0v) is 13.6. The Bertz CT molecular complexity index is 924. The van der Waals surface area contributed by atoms with Gasteiger partial charge < -0.3 is 15.3 Å². The third-order valence-electron chi connectivity index (χ3n) is 3.98. The second-order valence-corrected chi connectivity index (χ2v) is 5.76. The molecule has 0 aliphatic heterocycles. The molecule has 3 rings (SSSR count). The third kappa shape index (κ3) is 3.77. The van der Waals surface area contributed by atoms with Crippen molar-refractivity contribution < 1.29 is 24.5 Å². The van der Waals surface area contributed by atoms with Gasteiger partial charge in [0.05, 0.1) is 12.3 Å². The molecule has 1 aromatic heterocycles. The lowest BCUT2D eigenvalue weighted by Gasteiger charge is -2.11. The Kier molecular flexibility index (Phi) is 5.06. The van der Waals surface area contributed by atoms with Gasteiger partial charge in [0.15, 0.2) is 0 Å². The highest BCUT2D eigenvalue weighted by atomic mass is 19.1. The number of benzene rings is 2. The molecule has 3 N–H and O–H groups in total. The van der Waals surface area contributed by atoms with E-state index >= 15 is 0 Å². The van der Waals surface area contributed by atoms with E-state index < -0.39 is 18.7 Å². The molecule has 132 valence electrons. The number of hydrogen-bond donors (Lipinski definition) is 3. The molecule has 1 atom stereocenters. The number of carbonyl (C=O) groups is 1. The van der Waals surface area contributed by atoms with Crippen molar-refractivity contribution in [2.75, 3.05) is 6.61 Å². The molecule has 0 bridgehead atoms. The molecule has 0 saturated heterocycles. The summed E-state index contributed by atoms with van der Waals surface area (Å²) in [4.78, 5) is 15.4. The number of aliphatic hydroxyl groups is 2. The van der Waals surface area contributed by atoms with Crippen LogP contribution in [0.3, 0.4) is 0 Å². The molecule has 2 aromatic carbocycles. The van der Waals surface area contributed by atoms with E-state index in [9.17, 15) is 19.4 Å². The van der Waals surface area contributed by atoms with E-state index in [1.54, 1.807) is 30.3 Å². The van der Waals surface area contributed by atoms with Crippen LogP contribution in [0.2, 0.25) is 0 Å². The van der Waals surface area contributed by atoms with Crippen LogP contribution in [-0.4, -0.2) is 32.9 Å². The van der Waals surface area contributed by atoms with E-state index in [2.05, 4.69) is 4.98 Å². The molecule has 5 nitrogen and oxygen atoms in total. The SMILES string of the molecule is O=C(O)c1cc([C@H](O)CO)cc(-c2ccc(-c3ccc(F)cc3)cc2)n1. The van der Waals surface area contributed by atoms with E-state index in [0.717, 1.165) is 11.1 Å². The van der Waals surface area contributed by atoms with Crippen molar-refractivity contribution in [1.29, 1.82) is 0 Å². The maximum absolute atomic E-state index is 13.0. The summed E-state index contributed by atoms with van der Waals surface area (Å²) >= 11 is 0. The van der Waals surface area contributed by atoms with E-state index in [-0.39, 0.29) is 17.1 Å². The Morgan fingerprint density at radius 3 is 2.04 bits per heavy atom. The molecule has 0 aliphatic carbocycles. The van der Waals surface area contributed by atoms with Gasteiger partial charge in [-0.15, -0.1) is 0 Å². The van der Waals surface area contributed by atoms with E-state index in [1.807, 2.05) is 12.1 Å². The molecule has 1 heterocycles. The van der Waals surface area contributed by atoms with Crippen LogP contribution in [-0.2, 0) is 0 Å². The van der Waals surface area contributed by atoms with Gasteiger partial charge in [-0.2, -0.15) is 0 Å². The van der Waals surface area contributed by atoms with Crippen LogP contribution in [0.25, 0.3) is 22.4 Å². The monoisotopic (exact) mass is 353 g/mol. The summed E-state index contributed by atoms with van der Waals surface area (Å²) in [7, 11) is 0.